The summed E-state index contributed by atoms with van der Waals surface area (Å²) in [6.45, 7) is 5.49. The summed E-state index contributed by atoms with van der Waals surface area (Å²) in [5.74, 6) is 0. The maximum atomic E-state index is 12.4. The van der Waals surface area contributed by atoms with Crippen molar-refractivity contribution >= 4 is 27.0 Å². The predicted molar refractivity (Wildman–Crippen MR) is 85.1 cm³/mol. The topological polar surface area (TPSA) is 76.0 Å². The summed E-state index contributed by atoms with van der Waals surface area (Å²) in [6, 6.07) is 1.71. The zero-order valence-corrected chi connectivity index (χ0v) is 14.0. The van der Waals surface area contributed by atoms with E-state index in [0.29, 0.717) is 22.9 Å². The second-order valence-electron chi connectivity index (χ2n) is 4.68. The fourth-order valence-electron chi connectivity index (χ4n) is 1.93. The van der Waals surface area contributed by atoms with Crippen molar-refractivity contribution in [1.29, 1.82) is 0 Å². The smallest absolute Gasteiger partial charge is 0.271 e. The van der Waals surface area contributed by atoms with Gasteiger partial charge < -0.3 is 5.32 Å². The van der Waals surface area contributed by atoms with E-state index in [4.69, 9.17) is 0 Å². The number of anilines is 1. The molecule has 0 amide bonds. The van der Waals surface area contributed by atoms with Crippen LogP contribution in [-0.4, -0.2) is 24.7 Å². The van der Waals surface area contributed by atoms with E-state index in [1.807, 2.05) is 19.2 Å². The van der Waals surface area contributed by atoms with Crippen LogP contribution in [-0.2, 0) is 30.0 Å². The molecule has 0 atom stereocenters. The van der Waals surface area contributed by atoms with Crippen LogP contribution < -0.4 is 10.0 Å². The zero-order valence-electron chi connectivity index (χ0n) is 12.4. The molecular weight excluding hydrogens is 308 g/mol. The van der Waals surface area contributed by atoms with Crippen molar-refractivity contribution in [2.75, 3.05) is 11.3 Å². The van der Waals surface area contributed by atoms with Gasteiger partial charge in [0.1, 0.15) is 4.21 Å². The first-order valence-electron chi connectivity index (χ1n) is 6.79. The summed E-state index contributed by atoms with van der Waals surface area (Å²) in [5.41, 5.74) is 2.26. The fourth-order valence-corrected chi connectivity index (χ4v) is 4.21. The summed E-state index contributed by atoms with van der Waals surface area (Å²) in [4.78, 5) is 0. The number of sulfonamides is 1. The zero-order chi connectivity index (χ0) is 15.5. The summed E-state index contributed by atoms with van der Waals surface area (Å²) < 4.78 is 29.4. The number of nitrogens with one attached hydrogen (secondary N) is 2. The van der Waals surface area contributed by atoms with Gasteiger partial charge in [-0.15, -0.1) is 11.3 Å². The minimum absolute atomic E-state index is 0.321. The molecule has 0 aliphatic rings. The van der Waals surface area contributed by atoms with Gasteiger partial charge in [0.2, 0.25) is 0 Å². The molecule has 2 aromatic heterocycles. The van der Waals surface area contributed by atoms with Crippen LogP contribution in [0.25, 0.3) is 0 Å². The molecule has 0 bridgehead atoms. The molecule has 0 aromatic carbocycles. The van der Waals surface area contributed by atoms with Crippen LogP contribution >= 0.6 is 11.3 Å². The van der Waals surface area contributed by atoms with E-state index in [-0.39, 0.29) is 0 Å². The maximum Gasteiger partial charge on any atom is 0.271 e. The predicted octanol–water partition coefficient (Wildman–Crippen LogP) is 1.95. The Bertz CT molecular complexity index is 704. The van der Waals surface area contributed by atoms with Crippen LogP contribution in [0.1, 0.15) is 25.1 Å². The van der Waals surface area contributed by atoms with Crippen molar-refractivity contribution in [1.82, 2.24) is 15.1 Å². The van der Waals surface area contributed by atoms with Crippen molar-refractivity contribution in [2.45, 2.75) is 31.0 Å². The van der Waals surface area contributed by atoms with Crippen LogP contribution in [0.5, 0.6) is 0 Å². The summed E-state index contributed by atoms with van der Waals surface area (Å²) in [7, 11) is -1.77. The van der Waals surface area contributed by atoms with E-state index in [9.17, 15) is 8.42 Å². The molecule has 0 aliphatic carbocycles. The van der Waals surface area contributed by atoms with Crippen molar-refractivity contribution < 1.29 is 8.42 Å². The molecule has 2 aromatic rings. The lowest BCUT2D eigenvalue weighted by Crippen LogP contribution is -2.13. The highest BCUT2D eigenvalue weighted by molar-refractivity contribution is 7.94. The molecule has 0 aliphatic heterocycles. The van der Waals surface area contributed by atoms with Gasteiger partial charge in [-0.2, -0.15) is 5.10 Å². The molecular formula is C13H20N4O2S2. The highest BCUT2D eigenvalue weighted by atomic mass is 32.2. The second-order valence-corrected chi connectivity index (χ2v) is 7.50. The van der Waals surface area contributed by atoms with Crippen LogP contribution in [0.2, 0.25) is 0 Å². The van der Waals surface area contributed by atoms with E-state index < -0.39 is 10.0 Å². The molecule has 0 saturated carbocycles. The highest BCUT2D eigenvalue weighted by Gasteiger charge is 2.19. The van der Waals surface area contributed by atoms with E-state index in [2.05, 4.69) is 15.1 Å². The summed E-state index contributed by atoms with van der Waals surface area (Å²) in [6.07, 6.45) is 2.36. The lowest BCUT2D eigenvalue weighted by atomic mass is 10.3. The number of rotatable bonds is 7. The third-order valence-electron chi connectivity index (χ3n) is 2.96. The Morgan fingerprint density at radius 1 is 1.38 bits per heavy atom. The van der Waals surface area contributed by atoms with Gasteiger partial charge in [0, 0.05) is 19.8 Å². The molecule has 21 heavy (non-hydrogen) atoms. The third-order valence-corrected chi connectivity index (χ3v) is 5.81. The Labute approximate surface area is 129 Å². The molecule has 8 heteroatoms. The van der Waals surface area contributed by atoms with Crippen molar-refractivity contribution in [3.05, 3.63) is 28.9 Å². The molecule has 0 unspecified atom stereocenters. The molecule has 2 rings (SSSR count). The third kappa shape index (κ3) is 3.84. The molecule has 0 fully saturated rings. The van der Waals surface area contributed by atoms with Crippen LogP contribution in [0.4, 0.5) is 5.69 Å². The molecule has 6 nitrogen and oxygen atoms in total. The van der Waals surface area contributed by atoms with Crippen LogP contribution in [0.3, 0.4) is 0 Å². The van der Waals surface area contributed by atoms with Gasteiger partial charge >= 0.3 is 0 Å². The molecule has 0 saturated heterocycles. The minimum Gasteiger partial charge on any atom is -0.313 e. The number of aromatic nitrogens is 2. The molecule has 0 spiro atoms. The summed E-state index contributed by atoms with van der Waals surface area (Å²) in [5, 5.41) is 9.28. The standard InChI is InChI=1S/C13H20N4O2S2/c1-4-11-12(8-17(3)15-11)16-21(18,19)13-6-10(9-20-13)7-14-5-2/h6,8-9,14,16H,4-5,7H2,1-3H3. The van der Waals surface area contributed by atoms with E-state index in [1.54, 1.807) is 24.0 Å². The van der Waals surface area contributed by atoms with Gasteiger partial charge in [-0.3, -0.25) is 9.40 Å². The highest BCUT2D eigenvalue weighted by Crippen LogP contribution is 2.24. The lowest BCUT2D eigenvalue weighted by Gasteiger charge is -2.05. The molecule has 116 valence electrons. The van der Waals surface area contributed by atoms with E-state index in [0.717, 1.165) is 17.8 Å². The molecule has 2 heterocycles. The van der Waals surface area contributed by atoms with Crippen molar-refractivity contribution in [3.63, 3.8) is 0 Å². The Balaban J connectivity index is 2.19. The van der Waals surface area contributed by atoms with Crippen molar-refractivity contribution in [2.24, 2.45) is 7.05 Å². The van der Waals surface area contributed by atoms with Crippen molar-refractivity contribution in [3.8, 4) is 0 Å². The quantitative estimate of drug-likeness (QED) is 0.814. The molecule has 0 radical (unpaired) electrons. The Kier molecular flexibility index (Phi) is 5.02. The second kappa shape index (κ2) is 6.59. The first-order valence-corrected chi connectivity index (χ1v) is 9.16. The van der Waals surface area contributed by atoms with E-state index >= 15 is 0 Å². The monoisotopic (exact) mass is 328 g/mol. The average molecular weight is 328 g/mol. The lowest BCUT2D eigenvalue weighted by molar-refractivity contribution is 0.603. The Hall–Kier alpha value is -1.38. The van der Waals surface area contributed by atoms with Gasteiger partial charge in [0.25, 0.3) is 10.0 Å². The van der Waals surface area contributed by atoms with Crippen LogP contribution in [0, 0.1) is 0 Å². The average Bonchev–Trinajstić information content (AvgIpc) is 3.03. The first kappa shape index (κ1) is 16.0. The van der Waals surface area contributed by atoms with E-state index in [1.165, 1.54) is 11.3 Å². The number of hydrogen-bond acceptors (Lipinski definition) is 5. The van der Waals surface area contributed by atoms with Gasteiger partial charge in [0.05, 0.1) is 11.4 Å². The number of nitrogens with zero attached hydrogens (tertiary/aromatic N) is 2. The van der Waals surface area contributed by atoms with Gasteiger partial charge in [-0.25, -0.2) is 8.42 Å². The Morgan fingerprint density at radius 3 is 2.81 bits per heavy atom. The maximum absolute atomic E-state index is 12.4. The van der Waals surface area contributed by atoms with Gasteiger partial charge in [0.15, 0.2) is 0 Å². The molecule has 2 N–H and O–H groups in total. The normalized spacial score (nSPS) is 11.8. The minimum atomic E-state index is -3.55. The first-order chi connectivity index (χ1) is 9.96. The number of thiophene rings is 1. The fraction of sp³-hybridized carbons (Fsp3) is 0.462. The SMILES string of the molecule is CCNCc1csc(S(=O)(=O)Nc2cn(C)nc2CC)c1. The van der Waals surface area contributed by atoms with Crippen LogP contribution in [0.15, 0.2) is 21.9 Å². The Morgan fingerprint density at radius 2 is 2.14 bits per heavy atom. The number of hydrogen-bond donors (Lipinski definition) is 2. The van der Waals surface area contributed by atoms with Gasteiger partial charge in [-0.05, 0) is 30.0 Å². The number of aryl methyl sites for hydroxylation is 2. The largest absolute Gasteiger partial charge is 0.313 e. The van der Waals surface area contributed by atoms with Gasteiger partial charge in [-0.1, -0.05) is 13.8 Å². The summed E-state index contributed by atoms with van der Waals surface area (Å²) >= 11 is 1.23.